The summed E-state index contributed by atoms with van der Waals surface area (Å²) in [6, 6.07) is 0. The van der Waals surface area contributed by atoms with Crippen molar-refractivity contribution in [3.8, 4) is 0 Å². The quantitative estimate of drug-likeness (QED) is 0.573. The maximum atomic E-state index is 12.5. The van der Waals surface area contributed by atoms with Gasteiger partial charge in [-0.2, -0.15) is 0 Å². The molecule has 3 heteroatoms. The third-order valence-electron chi connectivity index (χ3n) is 1.11. The average Bonchev–Trinajstić information content (AvgIpc) is 1.83. The van der Waals surface area contributed by atoms with E-state index < -0.39 is 12.0 Å². The van der Waals surface area contributed by atoms with Gasteiger partial charge in [0.2, 0.25) is 0 Å². The van der Waals surface area contributed by atoms with Crippen LogP contribution >= 0.6 is 22.6 Å². The highest BCUT2D eigenvalue weighted by Gasteiger charge is 2.15. The van der Waals surface area contributed by atoms with E-state index in [0.717, 1.165) is 0 Å². The van der Waals surface area contributed by atoms with Crippen molar-refractivity contribution in [1.29, 1.82) is 0 Å². The molecular formula is C6H5F2I. The summed E-state index contributed by atoms with van der Waals surface area (Å²) in [5.41, 5.74) is 0. The number of hydrogen-bond donors (Lipinski definition) is 0. The van der Waals surface area contributed by atoms with Crippen LogP contribution in [0.5, 0.6) is 0 Å². The predicted molar refractivity (Wildman–Crippen MR) is 40.8 cm³/mol. The lowest BCUT2D eigenvalue weighted by Gasteiger charge is -2.08. The minimum Gasteiger partial charge on any atom is -0.241 e. The summed E-state index contributed by atoms with van der Waals surface area (Å²) in [6.45, 7) is 0. The van der Waals surface area contributed by atoms with Crippen molar-refractivity contribution in [2.45, 2.75) is 12.6 Å². The van der Waals surface area contributed by atoms with Crippen molar-refractivity contribution in [2.75, 3.05) is 0 Å². The zero-order valence-corrected chi connectivity index (χ0v) is 6.73. The van der Waals surface area contributed by atoms with Gasteiger partial charge in [-0.1, -0.05) is 6.08 Å². The zero-order valence-electron chi connectivity index (χ0n) is 4.57. The molecule has 0 N–H and O–H groups in total. The molecule has 0 saturated heterocycles. The van der Waals surface area contributed by atoms with Gasteiger partial charge in [-0.3, -0.25) is 0 Å². The molecule has 0 amide bonds. The van der Waals surface area contributed by atoms with Crippen LogP contribution in [0.15, 0.2) is 21.6 Å². The van der Waals surface area contributed by atoms with Gasteiger partial charge in [-0.05, 0) is 28.7 Å². The van der Waals surface area contributed by atoms with E-state index in [9.17, 15) is 8.78 Å². The zero-order chi connectivity index (χ0) is 6.85. The molecule has 9 heavy (non-hydrogen) atoms. The molecule has 0 nitrogen and oxygen atoms in total. The molecule has 0 radical (unpaired) electrons. The first-order valence-electron chi connectivity index (χ1n) is 2.57. The lowest BCUT2D eigenvalue weighted by atomic mass is 10.1. The topological polar surface area (TPSA) is 0 Å². The monoisotopic (exact) mass is 242 g/mol. The van der Waals surface area contributed by atoms with Gasteiger partial charge in [-0.25, -0.2) is 8.78 Å². The number of alkyl halides is 1. The van der Waals surface area contributed by atoms with E-state index in [-0.39, 0.29) is 3.58 Å². The van der Waals surface area contributed by atoms with Crippen molar-refractivity contribution >= 4 is 22.6 Å². The maximum absolute atomic E-state index is 12.5. The molecule has 1 aliphatic rings. The molecule has 1 atom stereocenters. The van der Waals surface area contributed by atoms with Gasteiger partial charge >= 0.3 is 0 Å². The fraction of sp³-hybridized carbons (Fsp3) is 0.333. The Morgan fingerprint density at radius 1 is 1.67 bits per heavy atom. The number of allylic oxidation sites excluding steroid dienone is 4. The first kappa shape index (κ1) is 7.18. The fourth-order valence-corrected chi connectivity index (χ4v) is 1.06. The number of hydrogen-bond acceptors (Lipinski definition) is 0. The van der Waals surface area contributed by atoms with E-state index in [2.05, 4.69) is 0 Å². The minimum absolute atomic E-state index is 0.190. The standard InChI is InChI=1S/C6H5F2I/c7-4-2-1-3-5(8)6(4)9/h1-2,5H,3H2. The molecule has 1 rings (SSSR count). The van der Waals surface area contributed by atoms with Gasteiger partial charge in [0.25, 0.3) is 0 Å². The van der Waals surface area contributed by atoms with Gasteiger partial charge in [0, 0.05) is 6.42 Å². The van der Waals surface area contributed by atoms with Gasteiger partial charge in [-0.15, -0.1) is 0 Å². The first-order chi connectivity index (χ1) is 4.22. The second-order valence-corrected chi connectivity index (χ2v) is 2.96. The molecule has 0 saturated carbocycles. The summed E-state index contributed by atoms with van der Waals surface area (Å²) < 4.78 is 25.0. The van der Waals surface area contributed by atoms with Crippen LogP contribution in [0.1, 0.15) is 6.42 Å². The Hall–Kier alpha value is 0.0700. The molecule has 1 unspecified atom stereocenters. The highest BCUT2D eigenvalue weighted by molar-refractivity contribution is 14.1. The van der Waals surface area contributed by atoms with E-state index in [1.54, 1.807) is 22.6 Å². The molecule has 0 aromatic heterocycles. The van der Waals surface area contributed by atoms with Gasteiger partial charge < -0.3 is 0 Å². The Bertz CT molecular complexity index is 172. The van der Waals surface area contributed by atoms with E-state index in [0.29, 0.717) is 6.42 Å². The van der Waals surface area contributed by atoms with Crippen LogP contribution in [0.25, 0.3) is 0 Å². The molecule has 0 aromatic rings. The molecule has 0 aromatic carbocycles. The van der Waals surface area contributed by atoms with Crippen molar-refractivity contribution in [3.05, 3.63) is 21.6 Å². The van der Waals surface area contributed by atoms with E-state index in [1.165, 1.54) is 12.2 Å². The van der Waals surface area contributed by atoms with Crippen LogP contribution in [0.4, 0.5) is 8.78 Å². The maximum Gasteiger partial charge on any atom is 0.137 e. The normalized spacial score (nSPS) is 27.2. The Morgan fingerprint density at radius 3 is 2.78 bits per heavy atom. The number of halogens is 3. The van der Waals surface area contributed by atoms with Gasteiger partial charge in [0.15, 0.2) is 0 Å². The van der Waals surface area contributed by atoms with Crippen LogP contribution in [0.3, 0.4) is 0 Å². The molecule has 0 aliphatic heterocycles. The van der Waals surface area contributed by atoms with Crippen molar-refractivity contribution < 1.29 is 8.78 Å². The molecular weight excluding hydrogens is 237 g/mol. The molecule has 0 heterocycles. The van der Waals surface area contributed by atoms with Crippen LogP contribution in [-0.4, -0.2) is 6.17 Å². The molecule has 50 valence electrons. The lowest BCUT2D eigenvalue weighted by molar-refractivity contribution is 0.390. The summed E-state index contributed by atoms with van der Waals surface area (Å²) in [5, 5.41) is 0. The van der Waals surface area contributed by atoms with Crippen molar-refractivity contribution in [2.24, 2.45) is 0 Å². The first-order valence-corrected chi connectivity index (χ1v) is 3.65. The lowest BCUT2D eigenvalue weighted by Crippen LogP contribution is -2.02. The van der Waals surface area contributed by atoms with Crippen LogP contribution in [0.2, 0.25) is 0 Å². The van der Waals surface area contributed by atoms with E-state index in [4.69, 9.17) is 0 Å². The summed E-state index contributed by atoms with van der Waals surface area (Å²) in [4.78, 5) is 0. The second-order valence-electron chi connectivity index (χ2n) is 1.80. The smallest absolute Gasteiger partial charge is 0.137 e. The Balaban J connectivity index is 2.83. The fourth-order valence-electron chi connectivity index (χ4n) is 0.624. The van der Waals surface area contributed by atoms with Crippen LogP contribution < -0.4 is 0 Å². The molecule has 0 fully saturated rings. The Morgan fingerprint density at radius 2 is 2.33 bits per heavy atom. The largest absolute Gasteiger partial charge is 0.241 e. The second kappa shape index (κ2) is 2.77. The Kier molecular flexibility index (Phi) is 2.21. The minimum atomic E-state index is -1.12. The van der Waals surface area contributed by atoms with Crippen molar-refractivity contribution in [3.63, 3.8) is 0 Å². The van der Waals surface area contributed by atoms with Gasteiger partial charge in [0.1, 0.15) is 12.0 Å². The summed E-state index contributed by atoms with van der Waals surface area (Å²) >= 11 is 1.69. The molecule has 0 spiro atoms. The number of rotatable bonds is 0. The molecule has 1 aliphatic carbocycles. The third-order valence-corrected chi connectivity index (χ3v) is 2.30. The highest BCUT2D eigenvalue weighted by atomic mass is 127. The summed E-state index contributed by atoms with van der Waals surface area (Å²) in [6.07, 6.45) is 2.00. The van der Waals surface area contributed by atoms with E-state index >= 15 is 0 Å². The predicted octanol–water partition coefficient (Wildman–Crippen LogP) is 2.90. The van der Waals surface area contributed by atoms with Crippen molar-refractivity contribution in [1.82, 2.24) is 0 Å². The summed E-state index contributed by atoms with van der Waals surface area (Å²) in [7, 11) is 0. The summed E-state index contributed by atoms with van der Waals surface area (Å²) in [5.74, 6) is -0.436. The SMILES string of the molecule is FC1=C(I)C(F)CC=C1. The van der Waals surface area contributed by atoms with Gasteiger partial charge in [0.05, 0.1) is 3.58 Å². The molecule has 0 bridgehead atoms. The third kappa shape index (κ3) is 1.50. The van der Waals surface area contributed by atoms with E-state index in [1.807, 2.05) is 0 Å². The van der Waals surface area contributed by atoms with Crippen LogP contribution in [-0.2, 0) is 0 Å². The van der Waals surface area contributed by atoms with Crippen LogP contribution in [0, 0.1) is 0 Å². The highest BCUT2D eigenvalue weighted by Crippen LogP contribution is 2.27. The Labute approximate surface area is 65.8 Å². The average molecular weight is 242 g/mol.